The number of likely N-dealkylation sites (N-methyl/N-ethyl adjacent to an activating group) is 1. The SMILES string of the molecule is CCOCCOc1nc(NC)nc(N2CCN(C)CC2)c1SC.Cl. The lowest BCUT2D eigenvalue weighted by Gasteiger charge is -2.34. The van der Waals surface area contributed by atoms with Crippen LogP contribution in [0.15, 0.2) is 4.90 Å². The smallest absolute Gasteiger partial charge is 0.234 e. The Kier molecular flexibility index (Phi) is 9.50. The maximum atomic E-state index is 5.85. The molecule has 0 unspecified atom stereocenters. The number of piperazine rings is 1. The van der Waals surface area contributed by atoms with E-state index < -0.39 is 0 Å². The standard InChI is InChI=1S/C15H27N5O2S.ClH/c1-5-21-10-11-22-14-12(23-4)13(17-15(16-2)18-14)20-8-6-19(3)7-9-20;/h5-11H2,1-4H3,(H,16,17,18);1H. The minimum absolute atomic E-state index is 0. The monoisotopic (exact) mass is 377 g/mol. The van der Waals surface area contributed by atoms with Crippen molar-refractivity contribution in [3.63, 3.8) is 0 Å². The largest absolute Gasteiger partial charge is 0.474 e. The van der Waals surface area contributed by atoms with Gasteiger partial charge in [-0.2, -0.15) is 9.97 Å². The molecular weight excluding hydrogens is 350 g/mol. The molecule has 0 aromatic carbocycles. The number of ether oxygens (including phenoxy) is 2. The molecule has 0 atom stereocenters. The van der Waals surface area contributed by atoms with Crippen LogP contribution in [0.25, 0.3) is 0 Å². The van der Waals surface area contributed by atoms with Gasteiger partial charge >= 0.3 is 0 Å². The molecule has 0 aliphatic carbocycles. The van der Waals surface area contributed by atoms with Crippen LogP contribution in [0.5, 0.6) is 5.88 Å². The molecule has 0 bridgehead atoms. The van der Waals surface area contributed by atoms with Crippen molar-refractivity contribution in [2.45, 2.75) is 11.8 Å². The molecule has 7 nitrogen and oxygen atoms in total. The van der Waals surface area contributed by atoms with E-state index in [9.17, 15) is 0 Å². The topological polar surface area (TPSA) is 62.8 Å². The van der Waals surface area contributed by atoms with E-state index >= 15 is 0 Å². The van der Waals surface area contributed by atoms with Gasteiger partial charge < -0.3 is 24.6 Å². The van der Waals surface area contributed by atoms with Crippen molar-refractivity contribution in [2.24, 2.45) is 0 Å². The second kappa shape index (κ2) is 10.8. The molecular formula is C15H28ClN5O2S. The Morgan fingerprint density at radius 3 is 2.46 bits per heavy atom. The van der Waals surface area contributed by atoms with E-state index in [1.54, 1.807) is 11.8 Å². The van der Waals surface area contributed by atoms with Crippen LogP contribution >= 0.6 is 24.2 Å². The second-order valence-electron chi connectivity index (χ2n) is 5.29. The lowest BCUT2D eigenvalue weighted by atomic mass is 10.3. The zero-order valence-electron chi connectivity index (χ0n) is 14.9. The fourth-order valence-electron chi connectivity index (χ4n) is 2.38. The quantitative estimate of drug-likeness (QED) is 0.543. The zero-order valence-corrected chi connectivity index (χ0v) is 16.5. The normalized spacial score (nSPS) is 15.1. The summed E-state index contributed by atoms with van der Waals surface area (Å²) in [4.78, 5) is 14.8. The molecule has 1 aliphatic heterocycles. The Morgan fingerprint density at radius 2 is 1.88 bits per heavy atom. The summed E-state index contributed by atoms with van der Waals surface area (Å²) in [5.74, 6) is 2.17. The number of thioether (sulfide) groups is 1. The summed E-state index contributed by atoms with van der Waals surface area (Å²) in [5.41, 5.74) is 0. The molecule has 9 heteroatoms. The third kappa shape index (κ3) is 5.54. The molecule has 2 heterocycles. The molecule has 1 fully saturated rings. The summed E-state index contributed by atoms with van der Waals surface area (Å²) in [7, 11) is 3.97. The van der Waals surface area contributed by atoms with Gasteiger partial charge in [-0.05, 0) is 20.2 Å². The molecule has 0 saturated carbocycles. The van der Waals surface area contributed by atoms with Gasteiger partial charge in [0.2, 0.25) is 11.8 Å². The molecule has 2 rings (SSSR count). The number of nitrogens with zero attached hydrogens (tertiary/aromatic N) is 4. The van der Waals surface area contributed by atoms with Gasteiger partial charge in [-0.1, -0.05) is 0 Å². The Balaban J connectivity index is 0.00000288. The summed E-state index contributed by atoms with van der Waals surface area (Å²) in [6.07, 6.45) is 2.03. The van der Waals surface area contributed by atoms with Gasteiger partial charge in [0, 0.05) is 39.8 Å². The highest BCUT2D eigenvalue weighted by molar-refractivity contribution is 7.98. The lowest BCUT2D eigenvalue weighted by molar-refractivity contribution is 0.107. The minimum Gasteiger partial charge on any atom is -0.474 e. The van der Waals surface area contributed by atoms with Crippen molar-refractivity contribution >= 4 is 35.9 Å². The molecule has 0 spiro atoms. The Bertz CT molecular complexity index is 501. The summed E-state index contributed by atoms with van der Waals surface area (Å²) < 4.78 is 11.2. The molecule has 1 aromatic heterocycles. The highest BCUT2D eigenvalue weighted by Crippen LogP contribution is 2.35. The number of aromatic nitrogens is 2. The molecule has 0 amide bonds. The van der Waals surface area contributed by atoms with Gasteiger partial charge in [0.15, 0.2) is 5.82 Å². The van der Waals surface area contributed by atoms with Gasteiger partial charge in [-0.15, -0.1) is 24.2 Å². The van der Waals surface area contributed by atoms with Gasteiger partial charge in [-0.25, -0.2) is 0 Å². The van der Waals surface area contributed by atoms with Gasteiger partial charge in [-0.3, -0.25) is 0 Å². The van der Waals surface area contributed by atoms with Crippen LogP contribution < -0.4 is 15.0 Å². The predicted octanol–water partition coefficient (Wildman–Crippen LogP) is 1.83. The first-order valence-corrected chi connectivity index (χ1v) is 9.19. The number of hydrogen-bond donors (Lipinski definition) is 1. The third-order valence-corrected chi connectivity index (χ3v) is 4.48. The second-order valence-corrected chi connectivity index (χ2v) is 6.11. The van der Waals surface area contributed by atoms with E-state index in [-0.39, 0.29) is 12.4 Å². The average Bonchev–Trinajstić information content (AvgIpc) is 2.58. The van der Waals surface area contributed by atoms with E-state index in [0.29, 0.717) is 31.6 Å². The first-order chi connectivity index (χ1) is 11.2. The highest BCUT2D eigenvalue weighted by atomic mass is 35.5. The van der Waals surface area contributed by atoms with E-state index in [1.165, 1.54) is 0 Å². The van der Waals surface area contributed by atoms with Crippen LogP contribution in [0, 0.1) is 0 Å². The van der Waals surface area contributed by atoms with Gasteiger partial charge in [0.25, 0.3) is 0 Å². The Labute approximate surface area is 154 Å². The maximum absolute atomic E-state index is 5.85. The van der Waals surface area contributed by atoms with E-state index in [0.717, 1.165) is 36.9 Å². The van der Waals surface area contributed by atoms with Crippen LogP contribution in [0.2, 0.25) is 0 Å². The fourth-order valence-corrected chi connectivity index (χ4v) is 3.02. The van der Waals surface area contributed by atoms with E-state index in [1.807, 2.05) is 20.2 Å². The summed E-state index contributed by atoms with van der Waals surface area (Å²) >= 11 is 1.63. The highest BCUT2D eigenvalue weighted by Gasteiger charge is 2.22. The van der Waals surface area contributed by atoms with Crippen LogP contribution in [-0.2, 0) is 4.74 Å². The van der Waals surface area contributed by atoms with E-state index in [2.05, 4.69) is 32.1 Å². The average molecular weight is 378 g/mol. The Morgan fingerprint density at radius 1 is 1.17 bits per heavy atom. The molecule has 1 aromatic rings. The number of halogens is 1. The molecule has 1 N–H and O–H groups in total. The zero-order chi connectivity index (χ0) is 16.7. The molecule has 138 valence electrons. The van der Waals surface area contributed by atoms with Crippen molar-refractivity contribution in [2.75, 3.05) is 76.6 Å². The fraction of sp³-hybridized carbons (Fsp3) is 0.733. The van der Waals surface area contributed by atoms with Crippen LogP contribution in [-0.4, -0.2) is 81.2 Å². The molecule has 1 aliphatic rings. The summed E-state index contributed by atoms with van der Waals surface area (Å²) in [5, 5.41) is 3.03. The third-order valence-electron chi connectivity index (χ3n) is 3.72. The Hall–Kier alpha value is -0.960. The van der Waals surface area contributed by atoms with Gasteiger partial charge in [0.1, 0.15) is 11.5 Å². The predicted molar refractivity (Wildman–Crippen MR) is 102 cm³/mol. The number of rotatable bonds is 8. The maximum Gasteiger partial charge on any atom is 0.234 e. The number of anilines is 2. The van der Waals surface area contributed by atoms with Crippen LogP contribution in [0.3, 0.4) is 0 Å². The van der Waals surface area contributed by atoms with Crippen LogP contribution in [0.1, 0.15) is 6.92 Å². The van der Waals surface area contributed by atoms with Gasteiger partial charge in [0.05, 0.1) is 6.61 Å². The van der Waals surface area contributed by atoms with Crippen LogP contribution in [0.4, 0.5) is 11.8 Å². The molecule has 0 radical (unpaired) electrons. The summed E-state index contributed by atoms with van der Waals surface area (Å²) in [6.45, 7) is 7.71. The first-order valence-electron chi connectivity index (χ1n) is 7.97. The minimum atomic E-state index is 0. The number of nitrogens with one attached hydrogen (secondary N) is 1. The first kappa shape index (κ1) is 21.1. The lowest BCUT2D eigenvalue weighted by Crippen LogP contribution is -2.45. The van der Waals surface area contributed by atoms with E-state index in [4.69, 9.17) is 9.47 Å². The summed E-state index contributed by atoms with van der Waals surface area (Å²) in [6, 6.07) is 0. The van der Waals surface area contributed by atoms with Crippen molar-refractivity contribution in [3.8, 4) is 5.88 Å². The number of hydrogen-bond acceptors (Lipinski definition) is 8. The van der Waals surface area contributed by atoms with Crippen molar-refractivity contribution in [1.82, 2.24) is 14.9 Å². The van der Waals surface area contributed by atoms with Crippen molar-refractivity contribution < 1.29 is 9.47 Å². The van der Waals surface area contributed by atoms with Crippen molar-refractivity contribution in [1.29, 1.82) is 0 Å². The molecule has 1 saturated heterocycles. The van der Waals surface area contributed by atoms with Crippen molar-refractivity contribution in [3.05, 3.63) is 0 Å². The molecule has 24 heavy (non-hydrogen) atoms.